The van der Waals surface area contributed by atoms with Gasteiger partial charge >= 0.3 is 0 Å². The third kappa shape index (κ3) is 4.32. The molecule has 0 aliphatic heterocycles. The van der Waals surface area contributed by atoms with Gasteiger partial charge in [-0.1, -0.05) is 6.07 Å². The van der Waals surface area contributed by atoms with Crippen LogP contribution in [-0.2, 0) is 4.79 Å². The first-order chi connectivity index (χ1) is 12.7. The van der Waals surface area contributed by atoms with Crippen LogP contribution in [-0.4, -0.2) is 41.6 Å². The van der Waals surface area contributed by atoms with E-state index >= 15 is 0 Å². The number of likely N-dealkylation sites (N-methyl/N-ethyl adjacent to an activating group) is 1. The van der Waals surface area contributed by atoms with E-state index in [-0.39, 0.29) is 12.5 Å². The molecule has 2 heterocycles. The summed E-state index contributed by atoms with van der Waals surface area (Å²) < 4.78 is 5.10. The minimum absolute atomic E-state index is 0.143. The molecule has 132 valence electrons. The van der Waals surface area contributed by atoms with E-state index in [1.54, 1.807) is 61.8 Å². The molecule has 7 heteroatoms. The number of ether oxygens (including phenoxy) is 1. The fraction of sp³-hybridized carbons (Fsp3) is 0.158. The number of amides is 1. The molecule has 1 amide bonds. The van der Waals surface area contributed by atoms with Crippen LogP contribution in [0.25, 0.3) is 11.5 Å². The highest BCUT2D eigenvalue weighted by Crippen LogP contribution is 2.17. The number of rotatable bonds is 6. The highest BCUT2D eigenvalue weighted by molar-refractivity contribution is 5.93. The summed E-state index contributed by atoms with van der Waals surface area (Å²) in [4.78, 5) is 27.0. The number of pyridine rings is 1. The Morgan fingerprint density at radius 1 is 1.08 bits per heavy atom. The summed E-state index contributed by atoms with van der Waals surface area (Å²) in [5.74, 6) is 1.76. The van der Waals surface area contributed by atoms with E-state index in [1.807, 2.05) is 18.2 Å². The largest absolute Gasteiger partial charge is 0.497 e. The average Bonchev–Trinajstić information content (AvgIpc) is 2.69. The van der Waals surface area contributed by atoms with Crippen LogP contribution in [0.15, 0.2) is 60.9 Å². The Bertz CT molecular complexity index is 869. The monoisotopic (exact) mass is 349 g/mol. The molecule has 3 aromatic rings. The van der Waals surface area contributed by atoms with Crippen molar-refractivity contribution in [2.45, 2.75) is 0 Å². The number of nitrogens with one attached hydrogen (secondary N) is 1. The molecule has 0 radical (unpaired) electrons. The lowest BCUT2D eigenvalue weighted by Crippen LogP contribution is -2.30. The first-order valence-electron chi connectivity index (χ1n) is 8.05. The van der Waals surface area contributed by atoms with E-state index in [0.29, 0.717) is 23.0 Å². The van der Waals surface area contributed by atoms with E-state index in [9.17, 15) is 4.79 Å². The first-order valence-corrected chi connectivity index (χ1v) is 8.05. The van der Waals surface area contributed by atoms with Crippen LogP contribution in [0.1, 0.15) is 0 Å². The summed E-state index contributed by atoms with van der Waals surface area (Å²) >= 11 is 0. The number of methoxy groups -OCH3 is 1. The van der Waals surface area contributed by atoms with Crippen molar-refractivity contribution >= 4 is 17.4 Å². The van der Waals surface area contributed by atoms with Gasteiger partial charge in [-0.25, -0.2) is 9.97 Å². The minimum Gasteiger partial charge on any atom is -0.497 e. The zero-order valence-corrected chi connectivity index (χ0v) is 14.6. The molecule has 0 saturated heterocycles. The number of hydrogen-bond acceptors (Lipinski definition) is 6. The molecule has 26 heavy (non-hydrogen) atoms. The second-order valence-corrected chi connectivity index (χ2v) is 5.59. The van der Waals surface area contributed by atoms with E-state index in [0.717, 1.165) is 5.75 Å². The molecule has 2 aromatic heterocycles. The summed E-state index contributed by atoms with van der Waals surface area (Å²) in [6, 6.07) is 14.5. The minimum atomic E-state index is -0.143. The Kier molecular flexibility index (Phi) is 5.38. The summed E-state index contributed by atoms with van der Waals surface area (Å²) in [5.41, 5.74) is 1.39. The molecule has 1 N–H and O–H groups in total. The van der Waals surface area contributed by atoms with Gasteiger partial charge in [0.15, 0.2) is 5.82 Å². The maximum Gasteiger partial charge on any atom is 0.243 e. The van der Waals surface area contributed by atoms with Crippen LogP contribution >= 0.6 is 0 Å². The number of carbonyl (C=O) groups is 1. The molecule has 3 rings (SSSR count). The lowest BCUT2D eigenvalue weighted by Gasteiger charge is -2.18. The molecule has 0 saturated carbocycles. The molecule has 0 unspecified atom stereocenters. The topological polar surface area (TPSA) is 80.2 Å². The second-order valence-electron chi connectivity index (χ2n) is 5.59. The fourth-order valence-corrected chi connectivity index (χ4v) is 2.35. The Hall–Kier alpha value is -3.48. The highest BCUT2D eigenvalue weighted by atomic mass is 16.5. The van der Waals surface area contributed by atoms with Crippen molar-refractivity contribution in [1.29, 1.82) is 0 Å². The molecule has 0 spiro atoms. The van der Waals surface area contributed by atoms with Crippen LogP contribution < -0.4 is 15.0 Å². The fourth-order valence-electron chi connectivity index (χ4n) is 2.35. The van der Waals surface area contributed by atoms with Gasteiger partial charge in [-0.3, -0.25) is 9.78 Å². The normalized spacial score (nSPS) is 10.2. The summed E-state index contributed by atoms with van der Waals surface area (Å²) in [6.45, 7) is 0.157. The van der Waals surface area contributed by atoms with Gasteiger partial charge in [0.2, 0.25) is 5.91 Å². The molecule has 0 aliphatic carbocycles. The zero-order valence-electron chi connectivity index (χ0n) is 14.6. The number of nitrogens with zero attached hydrogens (tertiary/aromatic N) is 4. The van der Waals surface area contributed by atoms with Gasteiger partial charge in [0, 0.05) is 25.1 Å². The molecular formula is C19H19N5O2. The number of hydrogen-bond donors (Lipinski definition) is 1. The standard InChI is InChI=1S/C19H19N5O2/c1-24(13-18(25)22-14-6-8-15(26-2)9-7-14)17-10-12-21-19(23-17)16-5-3-4-11-20-16/h3-12H,13H2,1-2H3,(H,22,25). The number of carbonyl (C=O) groups excluding carboxylic acids is 1. The Morgan fingerprint density at radius 2 is 1.88 bits per heavy atom. The number of aromatic nitrogens is 3. The predicted octanol–water partition coefficient (Wildman–Crippen LogP) is 2.62. The Balaban J connectivity index is 1.65. The lowest BCUT2D eigenvalue weighted by atomic mass is 10.3. The van der Waals surface area contributed by atoms with Crippen molar-refractivity contribution in [3.05, 3.63) is 60.9 Å². The molecule has 0 bridgehead atoms. The Morgan fingerprint density at radius 3 is 2.58 bits per heavy atom. The van der Waals surface area contributed by atoms with Crippen LogP contribution in [0.3, 0.4) is 0 Å². The van der Waals surface area contributed by atoms with Gasteiger partial charge in [-0.15, -0.1) is 0 Å². The van der Waals surface area contributed by atoms with Gasteiger partial charge in [0.25, 0.3) is 0 Å². The first kappa shape index (κ1) is 17.3. The third-order valence-electron chi connectivity index (χ3n) is 3.68. The van der Waals surface area contributed by atoms with Gasteiger partial charge < -0.3 is 15.0 Å². The van der Waals surface area contributed by atoms with Crippen LogP contribution in [0, 0.1) is 0 Å². The van der Waals surface area contributed by atoms with E-state index in [1.165, 1.54) is 0 Å². The van der Waals surface area contributed by atoms with Gasteiger partial charge in [-0.05, 0) is 42.5 Å². The van der Waals surface area contributed by atoms with Crippen LogP contribution in [0.4, 0.5) is 11.5 Å². The van der Waals surface area contributed by atoms with E-state index in [2.05, 4.69) is 20.3 Å². The zero-order chi connectivity index (χ0) is 18.4. The summed E-state index contributed by atoms with van der Waals surface area (Å²) in [6.07, 6.45) is 3.35. The lowest BCUT2D eigenvalue weighted by molar-refractivity contribution is -0.114. The molecule has 0 fully saturated rings. The third-order valence-corrected chi connectivity index (χ3v) is 3.68. The molecule has 1 aromatic carbocycles. The summed E-state index contributed by atoms with van der Waals surface area (Å²) in [5, 5.41) is 2.85. The quantitative estimate of drug-likeness (QED) is 0.737. The van der Waals surface area contributed by atoms with Crippen molar-refractivity contribution in [2.75, 3.05) is 30.9 Å². The summed E-state index contributed by atoms with van der Waals surface area (Å²) in [7, 11) is 3.40. The number of anilines is 2. The van der Waals surface area contributed by atoms with E-state index in [4.69, 9.17) is 4.74 Å². The van der Waals surface area contributed by atoms with Crippen molar-refractivity contribution in [3.8, 4) is 17.3 Å². The van der Waals surface area contributed by atoms with Crippen molar-refractivity contribution in [3.63, 3.8) is 0 Å². The SMILES string of the molecule is COc1ccc(NC(=O)CN(C)c2ccnc(-c3ccccn3)n2)cc1. The number of benzene rings is 1. The smallest absolute Gasteiger partial charge is 0.243 e. The van der Waals surface area contributed by atoms with Gasteiger partial charge in [0.1, 0.15) is 17.3 Å². The van der Waals surface area contributed by atoms with Crippen molar-refractivity contribution in [2.24, 2.45) is 0 Å². The van der Waals surface area contributed by atoms with E-state index < -0.39 is 0 Å². The molecule has 0 aliphatic rings. The van der Waals surface area contributed by atoms with Gasteiger partial charge in [0.05, 0.1) is 13.7 Å². The maximum atomic E-state index is 12.3. The molecule has 7 nitrogen and oxygen atoms in total. The van der Waals surface area contributed by atoms with Crippen LogP contribution in [0.5, 0.6) is 5.75 Å². The van der Waals surface area contributed by atoms with Crippen molar-refractivity contribution < 1.29 is 9.53 Å². The highest BCUT2D eigenvalue weighted by Gasteiger charge is 2.11. The van der Waals surface area contributed by atoms with Crippen LogP contribution in [0.2, 0.25) is 0 Å². The molecule has 0 atom stereocenters. The molecular weight excluding hydrogens is 330 g/mol. The predicted molar refractivity (Wildman–Crippen MR) is 100 cm³/mol. The maximum absolute atomic E-state index is 12.3. The average molecular weight is 349 g/mol. The van der Waals surface area contributed by atoms with Gasteiger partial charge in [-0.2, -0.15) is 0 Å². The van der Waals surface area contributed by atoms with Crippen molar-refractivity contribution in [1.82, 2.24) is 15.0 Å². The second kappa shape index (κ2) is 8.06. The Labute approximate surface area is 151 Å².